The Balaban J connectivity index is 1.31. The van der Waals surface area contributed by atoms with Gasteiger partial charge in [0.2, 0.25) is 0 Å². The molecule has 3 heterocycles. The summed E-state index contributed by atoms with van der Waals surface area (Å²) in [6, 6.07) is 16.1. The molecular formula is C27H28FN5O. The largest absolute Gasteiger partial charge is 0.361 e. The third kappa shape index (κ3) is 4.85. The van der Waals surface area contributed by atoms with Crippen molar-refractivity contribution in [2.75, 3.05) is 46.3 Å². The summed E-state index contributed by atoms with van der Waals surface area (Å²) < 4.78 is 13.4. The summed E-state index contributed by atoms with van der Waals surface area (Å²) in [5.41, 5.74) is 5.17. The summed E-state index contributed by atoms with van der Waals surface area (Å²) in [7, 11) is 2.14. The van der Waals surface area contributed by atoms with Gasteiger partial charge < -0.3 is 15.2 Å². The number of fused-ring (bicyclic) bond motifs is 1. The van der Waals surface area contributed by atoms with Crippen LogP contribution in [0.4, 0.5) is 4.39 Å². The average molecular weight is 458 g/mol. The number of carbonyl (C=O) groups excluding carboxylic acids is 1. The Morgan fingerprint density at radius 2 is 1.79 bits per heavy atom. The molecule has 4 aromatic rings. The van der Waals surface area contributed by atoms with E-state index in [1.165, 1.54) is 12.1 Å². The molecule has 174 valence electrons. The molecule has 0 unspecified atom stereocenters. The van der Waals surface area contributed by atoms with Gasteiger partial charge in [-0.2, -0.15) is 0 Å². The monoisotopic (exact) mass is 457 g/mol. The van der Waals surface area contributed by atoms with Crippen molar-refractivity contribution in [2.24, 2.45) is 0 Å². The van der Waals surface area contributed by atoms with E-state index >= 15 is 0 Å². The number of hydrogen-bond acceptors (Lipinski definition) is 4. The van der Waals surface area contributed by atoms with Crippen molar-refractivity contribution >= 4 is 16.8 Å². The zero-order valence-corrected chi connectivity index (χ0v) is 19.2. The van der Waals surface area contributed by atoms with Crippen LogP contribution in [0.25, 0.3) is 33.3 Å². The predicted octanol–water partition coefficient (Wildman–Crippen LogP) is 4.01. The van der Waals surface area contributed by atoms with E-state index in [0.29, 0.717) is 12.1 Å². The highest BCUT2D eigenvalue weighted by Crippen LogP contribution is 2.32. The van der Waals surface area contributed by atoms with E-state index < -0.39 is 0 Å². The number of nitrogens with zero attached hydrogens (tertiary/aromatic N) is 3. The van der Waals surface area contributed by atoms with Crippen molar-refractivity contribution in [2.45, 2.75) is 0 Å². The van der Waals surface area contributed by atoms with Crippen LogP contribution in [0, 0.1) is 5.82 Å². The van der Waals surface area contributed by atoms with E-state index in [0.717, 1.165) is 66.0 Å². The van der Waals surface area contributed by atoms with Crippen molar-refractivity contribution in [1.29, 1.82) is 0 Å². The molecular weight excluding hydrogens is 429 g/mol. The third-order valence-electron chi connectivity index (χ3n) is 6.46. The number of H-pyrrole nitrogens is 1. The Hall–Kier alpha value is -3.55. The first-order valence-electron chi connectivity index (χ1n) is 11.6. The first-order valence-corrected chi connectivity index (χ1v) is 11.6. The first-order chi connectivity index (χ1) is 16.6. The molecule has 5 rings (SSSR count). The van der Waals surface area contributed by atoms with Gasteiger partial charge in [-0.25, -0.2) is 4.39 Å². The Morgan fingerprint density at radius 3 is 2.59 bits per heavy atom. The average Bonchev–Trinajstić information content (AvgIpc) is 3.29. The maximum Gasteiger partial charge on any atom is 0.251 e. The minimum Gasteiger partial charge on any atom is -0.361 e. The lowest BCUT2D eigenvalue weighted by Crippen LogP contribution is -2.46. The number of aromatic nitrogens is 2. The maximum atomic E-state index is 13.4. The molecule has 34 heavy (non-hydrogen) atoms. The van der Waals surface area contributed by atoms with E-state index in [1.54, 1.807) is 24.4 Å². The van der Waals surface area contributed by atoms with E-state index in [9.17, 15) is 9.18 Å². The molecule has 7 heteroatoms. The lowest BCUT2D eigenvalue weighted by molar-refractivity contribution is 0.0941. The van der Waals surface area contributed by atoms with Gasteiger partial charge in [-0.3, -0.25) is 14.7 Å². The molecule has 0 bridgehead atoms. The van der Waals surface area contributed by atoms with E-state index in [-0.39, 0.29) is 11.7 Å². The second-order valence-electron chi connectivity index (χ2n) is 8.80. The maximum absolute atomic E-state index is 13.4. The molecule has 2 aromatic carbocycles. The van der Waals surface area contributed by atoms with Crippen LogP contribution < -0.4 is 5.32 Å². The molecule has 0 aliphatic carbocycles. The van der Waals surface area contributed by atoms with E-state index in [1.807, 2.05) is 24.4 Å². The number of nitrogens with one attached hydrogen (secondary N) is 2. The second-order valence-corrected chi connectivity index (χ2v) is 8.80. The number of amides is 1. The number of pyridine rings is 1. The van der Waals surface area contributed by atoms with Crippen LogP contribution in [0.2, 0.25) is 0 Å². The van der Waals surface area contributed by atoms with Crippen molar-refractivity contribution in [1.82, 2.24) is 25.1 Å². The predicted molar refractivity (Wildman–Crippen MR) is 133 cm³/mol. The summed E-state index contributed by atoms with van der Waals surface area (Å²) in [6.07, 6.45) is 3.60. The minimum absolute atomic E-state index is 0.0903. The number of rotatable bonds is 6. The van der Waals surface area contributed by atoms with Crippen molar-refractivity contribution in [3.05, 3.63) is 78.4 Å². The zero-order valence-electron chi connectivity index (χ0n) is 19.2. The van der Waals surface area contributed by atoms with Gasteiger partial charge in [-0.05, 0) is 49.0 Å². The number of piperazine rings is 1. The van der Waals surface area contributed by atoms with Crippen LogP contribution in [-0.2, 0) is 0 Å². The molecule has 1 aliphatic heterocycles. The number of likely N-dealkylation sites (N-methyl/N-ethyl adjacent to an activating group) is 1. The molecule has 2 N–H and O–H groups in total. The number of halogens is 1. The molecule has 1 amide bonds. The van der Waals surface area contributed by atoms with Crippen molar-refractivity contribution < 1.29 is 9.18 Å². The van der Waals surface area contributed by atoms with Gasteiger partial charge in [-0.15, -0.1) is 0 Å². The fourth-order valence-corrected chi connectivity index (χ4v) is 4.38. The zero-order chi connectivity index (χ0) is 23.5. The standard InChI is InChI=1S/C27H28FN5O/c1-32-12-14-33(15-13-32)11-10-30-27(34)21-8-9-29-26(17-21)20-4-7-25-23(16-20)24(18-31-25)19-2-5-22(28)6-3-19/h2-9,16-18,31H,10-15H2,1H3,(H,30,34). The molecule has 0 spiro atoms. The fourth-order valence-electron chi connectivity index (χ4n) is 4.38. The highest BCUT2D eigenvalue weighted by Gasteiger charge is 2.14. The normalized spacial score (nSPS) is 15.0. The number of benzene rings is 2. The lowest BCUT2D eigenvalue weighted by Gasteiger charge is -2.32. The summed E-state index contributed by atoms with van der Waals surface area (Å²) >= 11 is 0. The lowest BCUT2D eigenvalue weighted by atomic mass is 10.0. The van der Waals surface area contributed by atoms with Crippen LogP contribution in [-0.4, -0.2) is 72.0 Å². The summed E-state index contributed by atoms with van der Waals surface area (Å²) in [6.45, 7) is 5.68. The first kappa shape index (κ1) is 22.3. The molecule has 1 fully saturated rings. The van der Waals surface area contributed by atoms with Crippen LogP contribution in [0.5, 0.6) is 0 Å². The fraction of sp³-hybridized carbons (Fsp3) is 0.259. The van der Waals surface area contributed by atoms with Crippen molar-refractivity contribution in [3.63, 3.8) is 0 Å². The number of aromatic amines is 1. The summed E-state index contributed by atoms with van der Waals surface area (Å²) in [5.74, 6) is -0.348. The summed E-state index contributed by atoms with van der Waals surface area (Å²) in [5, 5.41) is 4.06. The number of carbonyl (C=O) groups is 1. The van der Waals surface area contributed by atoms with Gasteiger partial charge in [0.15, 0.2) is 0 Å². The molecule has 0 saturated carbocycles. The van der Waals surface area contributed by atoms with Crippen LogP contribution in [0.3, 0.4) is 0 Å². The highest BCUT2D eigenvalue weighted by molar-refractivity contribution is 5.98. The van der Waals surface area contributed by atoms with E-state index in [4.69, 9.17) is 0 Å². The van der Waals surface area contributed by atoms with Crippen molar-refractivity contribution in [3.8, 4) is 22.4 Å². The van der Waals surface area contributed by atoms with Gasteiger partial charge in [0.05, 0.1) is 5.69 Å². The summed E-state index contributed by atoms with van der Waals surface area (Å²) in [4.78, 5) is 25.2. The molecule has 2 aromatic heterocycles. The topological polar surface area (TPSA) is 64.3 Å². The van der Waals surface area contributed by atoms with Gasteiger partial charge in [0.25, 0.3) is 5.91 Å². The quantitative estimate of drug-likeness (QED) is 0.459. The Morgan fingerprint density at radius 1 is 1.03 bits per heavy atom. The van der Waals surface area contributed by atoms with Gasteiger partial charge in [0, 0.05) is 79.3 Å². The minimum atomic E-state index is -0.257. The SMILES string of the molecule is CN1CCN(CCNC(=O)c2ccnc(-c3ccc4[nH]cc(-c5ccc(F)cc5)c4c3)c2)CC1. The third-order valence-corrected chi connectivity index (χ3v) is 6.46. The van der Waals surface area contributed by atoms with Gasteiger partial charge >= 0.3 is 0 Å². The second kappa shape index (κ2) is 9.75. The highest BCUT2D eigenvalue weighted by atomic mass is 19.1. The molecule has 0 radical (unpaired) electrons. The van der Waals surface area contributed by atoms with Gasteiger partial charge in [0.1, 0.15) is 5.82 Å². The van der Waals surface area contributed by atoms with Crippen LogP contribution in [0.1, 0.15) is 10.4 Å². The smallest absolute Gasteiger partial charge is 0.251 e. The van der Waals surface area contributed by atoms with Gasteiger partial charge in [-0.1, -0.05) is 18.2 Å². The Bertz CT molecular complexity index is 1290. The molecule has 6 nitrogen and oxygen atoms in total. The van der Waals surface area contributed by atoms with Crippen LogP contribution in [0.15, 0.2) is 67.0 Å². The molecule has 1 aliphatic rings. The Kier molecular flexibility index (Phi) is 6.38. The Labute approximate surface area is 198 Å². The molecule has 0 atom stereocenters. The molecule has 1 saturated heterocycles. The van der Waals surface area contributed by atoms with E-state index in [2.05, 4.69) is 38.2 Å². The van der Waals surface area contributed by atoms with Crippen LogP contribution >= 0.6 is 0 Å². The number of hydrogen-bond donors (Lipinski definition) is 2.